The van der Waals surface area contributed by atoms with E-state index in [1.54, 1.807) is 22.4 Å². The maximum absolute atomic E-state index is 5.84. The Labute approximate surface area is 160 Å². The third kappa shape index (κ3) is 2.33. The molecule has 1 aliphatic carbocycles. The summed E-state index contributed by atoms with van der Waals surface area (Å²) < 4.78 is 14.3. The van der Waals surface area contributed by atoms with Gasteiger partial charge in [0.15, 0.2) is 11.4 Å². The average Bonchev–Trinajstić information content (AvgIpc) is 3.37. The summed E-state index contributed by atoms with van der Waals surface area (Å²) >= 11 is 0. The molecule has 4 aromatic rings. The van der Waals surface area contributed by atoms with E-state index in [9.17, 15) is 0 Å². The van der Waals surface area contributed by atoms with Crippen molar-refractivity contribution >= 4 is 5.65 Å². The molecule has 5 rings (SSSR count). The number of aromatic nitrogens is 8. The second-order valence-electron chi connectivity index (χ2n) is 7.53. The molecule has 10 heteroatoms. The molecule has 0 bridgehead atoms. The van der Waals surface area contributed by atoms with Gasteiger partial charge in [-0.2, -0.15) is 9.61 Å². The Morgan fingerprint density at radius 2 is 2.00 bits per heavy atom. The largest absolute Gasteiger partial charge is 0.492 e. The summed E-state index contributed by atoms with van der Waals surface area (Å²) in [4.78, 5) is 0. The maximum atomic E-state index is 5.84. The van der Waals surface area contributed by atoms with Gasteiger partial charge in [-0.1, -0.05) is 23.7 Å². The van der Waals surface area contributed by atoms with Gasteiger partial charge in [-0.05, 0) is 25.2 Å². The Morgan fingerprint density at radius 1 is 1.18 bits per heavy atom. The van der Waals surface area contributed by atoms with Crippen molar-refractivity contribution in [1.29, 1.82) is 0 Å². The summed E-state index contributed by atoms with van der Waals surface area (Å²) in [5, 5.41) is 26.0. The van der Waals surface area contributed by atoms with Gasteiger partial charge in [0.25, 0.3) is 0 Å². The van der Waals surface area contributed by atoms with Crippen LogP contribution in [0, 0.1) is 6.92 Å². The molecule has 0 spiro atoms. The molecular weight excluding hydrogens is 360 g/mol. The molecule has 0 amide bonds. The van der Waals surface area contributed by atoms with E-state index in [1.165, 1.54) is 6.42 Å². The molecule has 0 radical (unpaired) electrons. The van der Waals surface area contributed by atoms with E-state index in [-0.39, 0.29) is 5.41 Å². The third-order valence-electron chi connectivity index (χ3n) is 5.47. The SMILES string of the molecule is COc1c(C2(C)CCC2)c(-c2cn(C)nn2)nn2c(-c3cc(C)on3)nnc12. The normalized spacial score (nSPS) is 15.7. The van der Waals surface area contributed by atoms with Gasteiger partial charge in [0.1, 0.15) is 17.1 Å². The highest BCUT2D eigenvalue weighted by atomic mass is 16.5. The maximum Gasteiger partial charge on any atom is 0.220 e. The Bertz CT molecular complexity index is 1180. The number of aryl methyl sites for hydroxylation is 2. The number of rotatable bonds is 4. The summed E-state index contributed by atoms with van der Waals surface area (Å²) in [6, 6.07) is 1.80. The van der Waals surface area contributed by atoms with Crippen molar-refractivity contribution < 1.29 is 9.26 Å². The standard InChI is InChI=1S/C18H20N8O2/c1-10-8-11(23-28-10)16-20-21-17-15(27-4)13(18(2)6-5-7-18)14(22-26(16)17)12-9-25(3)24-19-12/h8-9H,5-7H2,1-4H3. The summed E-state index contributed by atoms with van der Waals surface area (Å²) in [6.45, 7) is 4.05. The van der Waals surface area contributed by atoms with Gasteiger partial charge in [-0.3, -0.25) is 4.68 Å². The minimum Gasteiger partial charge on any atom is -0.492 e. The zero-order valence-corrected chi connectivity index (χ0v) is 16.2. The van der Waals surface area contributed by atoms with Crippen molar-refractivity contribution in [1.82, 2.24) is 40.0 Å². The second-order valence-corrected chi connectivity index (χ2v) is 7.53. The van der Waals surface area contributed by atoms with E-state index in [0.29, 0.717) is 34.4 Å². The molecule has 144 valence electrons. The Morgan fingerprint density at radius 3 is 2.57 bits per heavy atom. The van der Waals surface area contributed by atoms with E-state index in [2.05, 4.69) is 32.6 Å². The minimum absolute atomic E-state index is 0.0520. The van der Waals surface area contributed by atoms with Gasteiger partial charge in [0.2, 0.25) is 11.5 Å². The van der Waals surface area contributed by atoms with Crippen LogP contribution in [0.2, 0.25) is 0 Å². The average molecular weight is 380 g/mol. The topological polar surface area (TPSA) is 109 Å². The van der Waals surface area contributed by atoms with Crippen LogP contribution in [0.5, 0.6) is 5.75 Å². The third-order valence-corrected chi connectivity index (χ3v) is 5.47. The first kappa shape index (κ1) is 16.8. The summed E-state index contributed by atoms with van der Waals surface area (Å²) in [5.74, 6) is 1.84. The van der Waals surface area contributed by atoms with E-state index in [1.807, 2.05) is 20.2 Å². The number of fused-ring (bicyclic) bond motifs is 1. The monoisotopic (exact) mass is 380 g/mol. The van der Waals surface area contributed by atoms with Crippen LogP contribution in [-0.4, -0.2) is 47.1 Å². The van der Waals surface area contributed by atoms with Gasteiger partial charge in [-0.15, -0.1) is 15.3 Å². The smallest absolute Gasteiger partial charge is 0.220 e. The lowest BCUT2D eigenvalue weighted by Crippen LogP contribution is -2.32. The molecular formula is C18H20N8O2. The first-order chi connectivity index (χ1) is 13.5. The predicted octanol–water partition coefficient (Wildman–Crippen LogP) is 2.33. The summed E-state index contributed by atoms with van der Waals surface area (Å²) in [6.07, 6.45) is 5.13. The van der Waals surface area contributed by atoms with Crippen molar-refractivity contribution in [2.24, 2.45) is 7.05 Å². The molecule has 10 nitrogen and oxygen atoms in total. The van der Waals surface area contributed by atoms with Gasteiger partial charge >= 0.3 is 0 Å². The highest BCUT2D eigenvalue weighted by Gasteiger charge is 2.41. The van der Waals surface area contributed by atoms with E-state index in [4.69, 9.17) is 14.4 Å². The number of ether oxygens (including phenoxy) is 1. The van der Waals surface area contributed by atoms with Crippen molar-refractivity contribution in [2.75, 3.05) is 7.11 Å². The summed E-state index contributed by atoms with van der Waals surface area (Å²) in [5.41, 5.74) is 3.47. The fraction of sp³-hybridized carbons (Fsp3) is 0.444. The molecule has 0 aromatic carbocycles. The van der Waals surface area contributed by atoms with Crippen LogP contribution in [0.15, 0.2) is 16.8 Å². The fourth-order valence-electron chi connectivity index (χ4n) is 3.86. The quantitative estimate of drug-likeness (QED) is 0.531. The van der Waals surface area contributed by atoms with Gasteiger partial charge in [-0.25, -0.2) is 0 Å². The van der Waals surface area contributed by atoms with Crippen LogP contribution in [0.1, 0.15) is 37.5 Å². The minimum atomic E-state index is -0.0520. The number of nitrogens with zero attached hydrogens (tertiary/aromatic N) is 8. The lowest BCUT2D eigenvalue weighted by Gasteiger charge is -2.40. The zero-order chi connectivity index (χ0) is 19.5. The molecule has 0 atom stereocenters. The van der Waals surface area contributed by atoms with Crippen molar-refractivity contribution in [3.8, 4) is 28.7 Å². The highest BCUT2D eigenvalue weighted by molar-refractivity contribution is 5.73. The fourth-order valence-corrected chi connectivity index (χ4v) is 3.86. The van der Waals surface area contributed by atoms with Crippen molar-refractivity contribution in [3.05, 3.63) is 23.6 Å². The van der Waals surface area contributed by atoms with E-state index >= 15 is 0 Å². The van der Waals surface area contributed by atoms with Gasteiger partial charge in [0, 0.05) is 18.7 Å². The molecule has 28 heavy (non-hydrogen) atoms. The van der Waals surface area contributed by atoms with Crippen LogP contribution in [-0.2, 0) is 12.5 Å². The zero-order valence-electron chi connectivity index (χ0n) is 16.2. The number of hydrogen-bond acceptors (Lipinski definition) is 8. The molecule has 1 fully saturated rings. The molecule has 1 aliphatic rings. The van der Waals surface area contributed by atoms with Crippen LogP contribution < -0.4 is 4.74 Å². The van der Waals surface area contributed by atoms with Crippen LogP contribution in [0.25, 0.3) is 28.6 Å². The molecule has 0 unspecified atom stereocenters. The number of hydrogen-bond donors (Lipinski definition) is 0. The molecule has 0 aliphatic heterocycles. The van der Waals surface area contributed by atoms with Gasteiger partial charge < -0.3 is 9.26 Å². The lowest BCUT2D eigenvalue weighted by atomic mass is 9.65. The second kappa shape index (κ2) is 5.85. The lowest BCUT2D eigenvalue weighted by molar-refractivity contribution is 0.261. The Kier molecular flexibility index (Phi) is 3.52. The van der Waals surface area contributed by atoms with Crippen molar-refractivity contribution in [2.45, 2.75) is 38.5 Å². The molecule has 0 N–H and O–H groups in total. The molecule has 4 aromatic heterocycles. The van der Waals surface area contributed by atoms with Crippen LogP contribution >= 0.6 is 0 Å². The first-order valence-electron chi connectivity index (χ1n) is 9.14. The van der Waals surface area contributed by atoms with Crippen LogP contribution in [0.3, 0.4) is 0 Å². The predicted molar refractivity (Wildman–Crippen MR) is 98.8 cm³/mol. The Balaban J connectivity index is 1.84. The summed E-state index contributed by atoms with van der Waals surface area (Å²) in [7, 11) is 3.48. The number of methoxy groups -OCH3 is 1. The highest BCUT2D eigenvalue weighted by Crippen LogP contribution is 2.50. The molecule has 0 saturated heterocycles. The Hall–Kier alpha value is -3.30. The van der Waals surface area contributed by atoms with E-state index < -0.39 is 0 Å². The molecule has 1 saturated carbocycles. The van der Waals surface area contributed by atoms with Crippen LogP contribution in [0.4, 0.5) is 0 Å². The van der Waals surface area contributed by atoms with Crippen molar-refractivity contribution in [3.63, 3.8) is 0 Å². The first-order valence-corrected chi connectivity index (χ1v) is 9.14. The van der Waals surface area contributed by atoms with E-state index in [0.717, 1.165) is 24.1 Å². The molecule has 4 heterocycles. The van der Waals surface area contributed by atoms with Gasteiger partial charge in [0.05, 0.1) is 13.3 Å².